The Hall–Kier alpha value is -1.62. The number of hydrogen-bond donors (Lipinski definition) is 2. The number of fused-ring (bicyclic) bond motifs is 2. The van der Waals surface area contributed by atoms with Crippen molar-refractivity contribution in [3.63, 3.8) is 0 Å². The van der Waals surface area contributed by atoms with E-state index >= 15 is 0 Å². The Morgan fingerprint density at radius 2 is 2.37 bits per heavy atom. The molecule has 1 aliphatic rings. The highest BCUT2D eigenvalue weighted by atomic mass is 32.1. The smallest absolute Gasteiger partial charge is 0.260 e. The number of nitrogens with two attached hydrogens (primary N) is 2. The van der Waals surface area contributed by atoms with Crippen LogP contribution in [-0.2, 0) is 12.8 Å². The summed E-state index contributed by atoms with van der Waals surface area (Å²) in [5.41, 5.74) is 14.3. The Kier molecular flexibility index (Phi) is 2.93. The molecule has 0 aliphatic heterocycles. The van der Waals surface area contributed by atoms with E-state index in [1.165, 1.54) is 29.7 Å². The van der Waals surface area contributed by atoms with Crippen molar-refractivity contribution in [2.24, 2.45) is 11.7 Å². The van der Waals surface area contributed by atoms with Gasteiger partial charge in [-0.1, -0.05) is 13.3 Å². The van der Waals surface area contributed by atoms with Crippen LogP contribution in [-0.4, -0.2) is 10.9 Å². The van der Waals surface area contributed by atoms with Gasteiger partial charge in [0.05, 0.1) is 5.69 Å². The third kappa shape index (κ3) is 1.98. The van der Waals surface area contributed by atoms with E-state index in [1.54, 1.807) is 0 Å². The first-order valence-corrected chi connectivity index (χ1v) is 7.42. The average Bonchev–Trinajstić information content (AvgIpc) is 2.73. The van der Waals surface area contributed by atoms with Gasteiger partial charge < -0.3 is 11.5 Å². The van der Waals surface area contributed by atoms with Gasteiger partial charge in [-0.05, 0) is 36.8 Å². The molecule has 100 valence electrons. The van der Waals surface area contributed by atoms with Gasteiger partial charge in [0.15, 0.2) is 0 Å². The number of hydrogen-bond acceptors (Lipinski definition) is 4. The molecule has 0 spiro atoms. The average molecular weight is 275 g/mol. The maximum Gasteiger partial charge on any atom is 0.260 e. The second-order valence-corrected chi connectivity index (χ2v) is 6.17. The zero-order valence-electron chi connectivity index (χ0n) is 10.9. The minimum atomic E-state index is -0.468. The Morgan fingerprint density at radius 3 is 3.05 bits per heavy atom. The van der Waals surface area contributed by atoms with Crippen LogP contribution in [0.1, 0.15) is 40.7 Å². The molecule has 0 bridgehead atoms. The highest BCUT2D eigenvalue weighted by molar-refractivity contribution is 7.21. The fourth-order valence-electron chi connectivity index (χ4n) is 2.80. The van der Waals surface area contributed by atoms with Crippen LogP contribution in [0.3, 0.4) is 0 Å². The Bertz CT molecular complexity index is 662. The van der Waals surface area contributed by atoms with E-state index in [1.807, 2.05) is 0 Å². The summed E-state index contributed by atoms with van der Waals surface area (Å²) in [5.74, 6) is 0.270. The summed E-state index contributed by atoms with van der Waals surface area (Å²) in [4.78, 5) is 17.3. The van der Waals surface area contributed by atoms with Crippen molar-refractivity contribution in [1.29, 1.82) is 0 Å². The van der Waals surface area contributed by atoms with Gasteiger partial charge in [0.2, 0.25) is 0 Å². The summed E-state index contributed by atoms with van der Waals surface area (Å²) >= 11 is 1.30. The minimum absolute atomic E-state index is 0.428. The zero-order chi connectivity index (χ0) is 13.6. The Morgan fingerprint density at radius 1 is 1.58 bits per heavy atom. The molecule has 1 amide bonds. The molecule has 19 heavy (non-hydrogen) atoms. The van der Waals surface area contributed by atoms with Crippen LogP contribution in [0.25, 0.3) is 10.2 Å². The number of aromatic nitrogens is 1. The van der Waals surface area contributed by atoms with E-state index in [0.29, 0.717) is 10.6 Å². The quantitative estimate of drug-likeness (QED) is 0.883. The maximum atomic E-state index is 11.3. The molecule has 0 radical (unpaired) electrons. The summed E-state index contributed by atoms with van der Waals surface area (Å²) in [6.07, 6.45) is 4.48. The molecule has 0 saturated heterocycles. The van der Waals surface area contributed by atoms with E-state index in [9.17, 15) is 4.79 Å². The molecule has 3 rings (SSSR count). The predicted molar refractivity (Wildman–Crippen MR) is 78.4 cm³/mol. The largest absolute Gasteiger partial charge is 0.397 e. The molecule has 0 fully saturated rings. The topological polar surface area (TPSA) is 82.0 Å². The monoisotopic (exact) mass is 275 g/mol. The standard InChI is InChI=1S/C14H17N3OS/c1-2-7-3-4-10-8(5-7)6-9-11(15)12(13(16)18)19-14(9)17-10/h6-7H,2-5,15H2,1H3,(H2,16,18). The van der Waals surface area contributed by atoms with E-state index in [2.05, 4.69) is 18.0 Å². The van der Waals surface area contributed by atoms with Crippen molar-refractivity contribution >= 4 is 33.1 Å². The van der Waals surface area contributed by atoms with Crippen LogP contribution in [0.2, 0.25) is 0 Å². The van der Waals surface area contributed by atoms with Gasteiger partial charge in [-0.15, -0.1) is 11.3 Å². The highest BCUT2D eigenvalue weighted by Gasteiger charge is 2.22. The van der Waals surface area contributed by atoms with Crippen molar-refractivity contribution in [1.82, 2.24) is 4.98 Å². The Balaban J connectivity index is 2.14. The summed E-state index contributed by atoms with van der Waals surface area (Å²) in [7, 11) is 0. The summed E-state index contributed by atoms with van der Waals surface area (Å²) in [6.45, 7) is 2.23. The maximum absolute atomic E-state index is 11.3. The van der Waals surface area contributed by atoms with Crippen LogP contribution >= 0.6 is 11.3 Å². The first kappa shape index (κ1) is 12.4. The van der Waals surface area contributed by atoms with E-state index < -0.39 is 5.91 Å². The summed E-state index contributed by atoms with van der Waals surface area (Å²) < 4.78 is 0. The van der Waals surface area contributed by atoms with Gasteiger partial charge in [-0.2, -0.15) is 0 Å². The SMILES string of the molecule is CCC1CCc2nc3sc(C(N)=O)c(N)c3cc2C1. The summed E-state index contributed by atoms with van der Waals surface area (Å²) in [6, 6.07) is 2.11. The van der Waals surface area contributed by atoms with Crippen molar-refractivity contribution < 1.29 is 4.79 Å². The third-order valence-corrected chi connectivity index (χ3v) is 5.12. The number of anilines is 1. The van der Waals surface area contributed by atoms with Gasteiger partial charge in [-0.25, -0.2) is 4.98 Å². The van der Waals surface area contributed by atoms with Gasteiger partial charge in [0, 0.05) is 11.1 Å². The highest BCUT2D eigenvalue weighted by Crippen LogP contribution is 2.36. The molecular formula is C14H17N3OS. The summed E-state index contributed by atoms with van der Waals surface area (Å²) in [5, 5.41) is 0.884. The molecular weight excluding hydrogens is 258 g/mol. The lowest BCUT2D eigenvalue weighted by Gasteiger charge is -2.22. The van der Waals surface area contributed by atoms with E-state index in [0.717, 1.165) is 34.7 Å². The van der Waals surface area contributed by atoms with Gasteiger partial charge in [-0.3, -0.25) is 4.79 Å². The van der Waals surface area contributed by atoms with Crippen LogP contribution in [0.15, 0.2) is 6.07 Å². The molecule has 4 N–H and O–H groups in total. The molecule has 2 heterocycles. The number of carbonyl (C=O) groups excluding carboxylic acids is 1. The Labute approximate surface area is 115 Å². The molecule has 5 heteroatoms. The molecule has 2 aromatic heterocycles. The molecule has 1 unspecified atom stereocenters. The van der Waals surface area contributed by atoms with E-state index in [-0.39, 0.29) is 0 Å². The minimum Gasteiger partial charge on any atom is -0.397 e. The van der Waals surface area contributed by atoms with Gasteiger partial charge in [0.25, 0.3) is 5.91 Å². The fourth-order valence-corrected chi connectivity index (χ4v) is 3.75. The normalized spacial score (nSPS) is 18.5. The van der Waals surface area contributed by atoms with Crippen LogP contribution in [0, 0.1) is 5.92 Å². The lowest BCUT2D eigenvalue weighted by Crippen LogP contribution is -2.14. The molecule has 1 atom stereocenters. The molecule has 4 nitrogen and oxygen atoms in total. The second kappa shape index (κ2) is 4.49. The number of rotatable bonds is 2. The van der Waals surface area contributed by atoms with Gasteiger partial charge in [0.1, 0.15) is 9.71 Å². The van der Waals surface area contributed by atoms with Crippen LogP contribution in [0.5, 0.6) is 0 Å². The fraction of sp³-hybridized carbons (Fsp3) is 0.429. The number of aryl methyl sites for hydroxylation is 1. The number of carbonyl (C=O) groups is 1. The first-order chi connectivity index (χ1) is 9.10. The number of nitrogens with zero attached hydrogens (tertiary/aromatic N) is 1. The van der Waals surface area contributed by atoms with Crippen molar-refractivity contribution in [3.8, 4) is 0 Å². The first-order valence-electron chi connectivity index (χ1n) is 6.60. The van der Waals surface area contributed by atoms with E-state index in [4.69, 9.17) is 11.5 Å². The second-order valence-electron chi connectivity index (χ2n) is 5.17. The molecule has 1 aliphatic carbocycles. The van der Waals surface area contributed by atoms with Crippen LogP contribution in [0.4, 0.5) is 5.69 Å². The molecule has 0 aromatic carbocycles. The van der Waals surface area contributed by atoms with Crippen molar-refractivity contribution in [2.45, 2.75) is 32.6 Å². The van der Waals surface area contributed by atoms with Crippen molar-refractivity contribution in [2.75, 3.05) is 5.73 Å². The number of nitrogen functional groups attached to an aromatic ring is 1. The van der Waals surface area contributed by atoms with Gasteiger partial charge >= 0.3 is 0 Å². The zero-order valence-corrected chi connectivity index (χ0v) is 11.7. The van der Waals surface area contributed by atoms with Crippen molar-refractivity contribution in [3.05, 3.63) is 22.2 Å². The molecule has 2 aromatic rings. The number of thiophene rings is 1. The third-order valence-electron chi connectivity index (χ3n) is 3.99. The number of primary amides is 1. The predicted octanol–water partition coefficient (Wildman–Crippen LogP) is 2.49. The van der Waals surface area contributed by atoms with Crippen LogP contribution < -0.4 is 11.5 Å². The lowest BCUT2D eigenvalue weighted by atomic mass is 9.85. The number of pyridine rings is 1. The molecule has 0 saturated carbocycles. The lowest BCUT2D eigenvalue weighted by molar-refractivity contribution is 0.100. The number of amides is 1.